The maximum atomic E-state index is 12.8. The largest absolute Gasteiger partial charge is 0.355 e. The van der Waals surface area contributed by atoms with E-state index in [4.69, 9.17) is 0 Å². The minimum Gasteiger partial charge on any atom is -0.355 e. The fraction of sp³-hybridized carbons (Fsp3) is 0.278. The zero-order valence-electron chi connectivity index (χ0n) is 14.2. The second-order valence-corrected chi connectivity index (χ2v) is 7.56. The number of benzene rings is 2. The third-order valence-electron chi connectivity index (χ3n) is 3.64. The molecule has 0 aromatic heterocycles. The lowest BCUT2D eigenvalue weighted by molar-refractivity contribution is -0.120. The van der Waals surface area contributed by atoms with Crippen molar-refractivity contribution in [1.82, 2.24) is 10.0 Å². The van der Waals surface area contributed by atoms with Gasteiger partial charge in [0, 0.05) is 13.1 Å². The molecule has 0 aliphatic carbocycles. The molecule has 2 rings (SSSR count). The molecular weight excluding hydrogens is 343 g/mol. The Morgan fingerprint density at radius 3 is 2.36 bits per heavy atom. The monoisotopic (exact) mass is 364 g/mol. The fourth-order valence-corrected chi connectivity index (χ4v) is 3.67. The standard InChI is InChI=1S/C18H21FN2O3S/c1-13-3-8-17(14(2)11-13)25(23,24)21-10-9-20-18(22)12-15-4-6-16(19)7-5-15/h3-8,11,21H,9-10,12H2,1-2H3,(H,20,22). The van der Waals surface area contributed by atoms with Gasteiger partial charge in [0.05, 0.1) is 11.3 Å². The van der Waals surface area contributed by atoms with E-state index in [1.807, 2.05) is 6.92 Å². The zero-order chi connectivity index (χ0) is 18.4. The molecule has 0 atom stereocenters. The van der Waals surface area contributed by atoms with Crippen LogP contribution in [0.1, 0.15) is 16.7 Å². The van der Waals surface area contributed by atoms with E-state index in [1.54, 1.807) is 25.1 Å². The van der Waals surface area contributed by atoms with Crippen molar-refractivity contribution in [3.63, 3.8) is 0 Å². The second kappa shape index (κ2) is 8.22. The number of hydrogen-bond donors (Lipinski definition) is 2. The normalized spacial score (nSPS) is 11.3. The molecule has 1 amide bonds. The molecule has 7 heteroatoms. The summed E-state index contributed by atoms with van der Waals surface area (Å²) in [6.07, 6.45) is 0.115. The topological polar surface area (TPSA) is 75.3 Å². The molecule has 134 valence electrons. The Kier molecular flexibility index (Phi) is 6.27. The van der Waals surface area contributed by atoms with Crippen molar-refractivity contribution >= 4 is 15.9 Å². The minimum absolute atomic E-state index is 0.0881. The van der Waals surface area contributed by atoms with Gasteiger partial charge in [-0.2, -0.15) is 0 Å². The van der Waals surface area contributed by atoms with Gasteiger partial charge in [-0.1, -0.05) is 29.8 Å². The summed E-state index contributed by atoms with van der Waals surface area (Å²) in [5.41, 5.74) is 2.35. The van der Waals surface area contributed by atoms with E-state index in [1.165, 1.54) is 24.3 Å². The van der Waals surface area contributed by atoms with Gasteiger partial charge in [-0.05, 0) is 43.2 Å². The van der Waals surface area contributed by atoms with Crippen LogP contribution in [-0.2, 0) is 21.2 Å². The molecule has 0 radical (unpaired) electrons. The Bertz CT molecular complexity index is 849. The molecule has 2 aromatic rings. The summed E-state index contributed by atoms with van der Waals surface area (Å²) in [5, 5.41) is 2.63. The van der Waals surface area contributed by atoms with Gasteiger partial charge >= 0.3 is 0 Å². The highest BCUT2D eigenvalue weighted by atomic mass is 32.2. The van der Waals surface area contributed by atoms with E-state index >= 15 is 0 Å². The van der Waals surface area contributed by atoms with Crippen LogP contribution in [0.3, 0.4) is 0 Å². The Morgan fingerprint density at radius 2 is 1.72 bits per heavy atom. The number of hydrogen-bond acceptors (Lipinski definition) is 3. The third-order valence-corrected chi connectivity index (χ3v) is 5.26. The Balaban J connectivity index is 1.81. The average molecular weight is 364 g/mol. The van der Waals surface area contributed by atoms with Crippen LogP contribution < -0.4 is 10.0 Å². The van der Waals surface area contributed by atoms with E-state index in [0.29, 0.717) is 11.1 Å². The van der Waals surface area contributed by atoms with Crippen LogP contribution in [-0.4, -0.2) is 27.4 Å². The number of carbonyl (C=O) groups is 1. The van der Waals surface area contributed by atoms with E-state index in [9.17, 15) is 17.6 Å². The van der Waals surface area contributed by atoms with Gasteiger partial charge in [0.1, 0.15) is 5.82 Å². The van der Waals surface area contributed by atoms with E-state index in [2.05, 4.69) is 10.0 Å². The molecule has 0 aliphatic heterocycles. The van der Waals surface area contributed by atoms with Gasteiger partial charge in [-0.25, -0.2) is 17.5 Å². The van der Waals surface area contributed by atoms with Gasteiger partial charge in [0.25, 0.3) is 0 Å². The fourth-order valence-electron chi connectivity index (χ4n) is 2.42. The summed E-state index contributed by atoms with van der Waals surface area (Å²) in [6.45, 7) is 3.90. The van der Waals surface area contributed by atoms with Crippen LogP contribution in [0.15, 0.2) is 47.4 Å². The molecule has 0 unspecified atom stereocenters. The lowest BCUT2D eigenvalue weighted by atomic mass is 10.1. The van der Waals surface area contributed by atoms with Crippen molar-refractivity contribution in [2.75, 3.05) is 13.1 Å². The van der Waals surface area contributed by atoms with Gasteiger partial charge < -0.3 is 5.32 Å². The van der Waals surface area contributed by atoms with E-state index < -0.39 is 10.0 Å². The number of amides is 1. The highest BCUT2D eigenvalue weighted by molar-refractivity contribution is 7.89. The third kappa shape index (κ3) is 5.65. The Labute approximate surface area is 147 Å². The smallest absolute Gasteiger partial charge is 0.240 e. The molecule has 0 aliphatic rings. The van der Waals surface area contributed by atoms with Crippen molar-refractivity contribution in [2.45, 2.75) is 25.2 Å². The van der Waals surface area contributed by atoms with Crippen molar-refractivity contribution < 1.29 is 17.6 Å². The SMILES string of the molecule is Cc1ccc(S(=O)(=O)NCCNC(=O)Cc2ccc(F)cc2)c(C)c1. The Hall–Kier alpha value is -2.25. The van der Waals surface area contributed by atoms with Crippen molar-refractivity contribution in [3.05, 3.63) is 65.0 Å². The van der Waals surface area contributed by atoms with Crippen LogP contribution in [0, 0.1) is 19.7 Å². The first kappa shape index (κ1) is 19.1. The van der Waals surface area contributed by atoms with Gasteiger partial charge in [-0.15, -0.1) is 0 Å². The molecule has 2 N–H and O–H groups in total. The molecule has 0 fully saturated rings. The van der Waals surface area contributed by atoms with Gasteiger partial charge in [0.15, 0.2) is 0 Å². The predicted molar refractivity (Wildman–Crippen MR) is 94.2 cm³/mol. The van der Waals surface area contributed by atoms with Crippen molar-refractivity contribution in [2.24, 2.45) is 0 Å². The van der Waals surface area contributed by atoms with Crippen molar-refractivity contribution in [1.29, 1.82) is 0 Å². The summed E-state index contributed by atoms with van der Waals surface area (Å²) < 4.78 is 39.8. The van der Waals surface area contributed by atoms with Crippen molar-refractivity contribution in [3.8, 4) is 0 Å². The molecule has 0 spiro atoms. The number of rotatable bonds is 7. The number of carbonyl (C=O) groups excluding carboxylic acids is 1. The maximum absolute atomic E-state index is 12.8. The first-order valence-electron chi connectivity index (χ1n) is 7.86. The molecule has 25 heavy (non-hydrogen) atoms. The first-order valence-corrected chi connectivity index (χ1v) is 9.34. The number of aryl methyl sites for hydroxylation is 2. The molecule has 0 saturated heterocycles. The highest BCUT2D eigenvalue weighted by Gasteiger charge is 2.16. The minimum atomic E-state index is -3.61. The summed E-state index contributed by atoms with van der Waals surface area (Å²) in [4.78, 5) is 12.0. The highest BCUT2D eigenvalue weighted by Crippen LogP contribution is 2.15. The summed E-state index contributed by atoms with van der Waals surface area (Å²) in [5.74, 6) is -0.609. The van der Waals surface area contributed by atoms with Crippen LogP contribution >= 0.6 is 0 Å². The van der Waals surface area contributed by atoms with Crippen LogP contribution in [0.25, 0.3) is 0 Å². The van der Waals surface area contributed by atoms with Crippen LogP contribution in [0.4, 0.5) is 4.39 Å². The van der Waals surface area contributed by atoms with Crippen LogP contribution in [0.5, 0.6) is 0 Å². The summed E-state index contributed by atoms with van der Waals surface area (Å²) >= 11 is 0. The molecule has 0 saturated carbocycles. The molecule has 2 aromatic carbocycles. The summed E-state index contributed by atoms with van der Waals surface area (Å²) in [6, 6.07) is 10.8. The lowest BCUT2D eigenvalue weighted by Gasteiger charge is -2.10. The van der Waals surface area contributed by atoms with E-state index in [0.717, 1.165) is 5.56 Å². The molecule has 0 heterocycles. The lowest BCUT2D eigenvalue weighted by Crippen LogP contribution is -2.35. The number of nitrogens with one attached hydrogen (secondary N) is 2. The number of sulfonamides is 1. The van der Waals surface area contributed by atoms with Gasteiger partial charge in [0.2, 0.25) is 15.9 Å². The maximum Gasteiger partial charge on any atom is 0.240 e. The molecule has 0 bridgehead atoms. The zero-order valence-corrected chi connectivity index (χ0v) is 15.0. The Morgan fingerprint density at radius 1 is 1.04 bits per heavy atom. The predicted octanol–water partition coefficient (Wildman–Crippen LogP) is 2.08. The quantitative estimate of drug-likeness (QED) is 0.739. The van der Waals surface area contributed by atoms with Crippen LogP contribution in [0.2, 0.25) is 0 Å². The molecule has 5 nitrogen and oxygen atoms in total. The van der Waals surface area contributed by atoms with E-state index in [-0.39, 0.29) is 36.1 Å². The van der Waals surface area contributed by atoms with Gasteiger partial charge in [-0.3, -0.25) is 4.79 Å². The number of halogens is 1. The first-order chi connectivity index (χ1) is 11.8. The summed E-state index contributed by atoms with van der Waals surface area (Å²) in [7, 11) is -3.61. The second-order valence-electron chi connectivity index (χ2n) is 5.82. The average Bonchev–Trinajstić information content (AvgIpc) is 2.53. The molecular formula is C18H21FN2O3S.